The van der Waals surface area contributed by atoms with Crippen LogP contribution in [0.5, 0.6) is 11.5 Å². The van der Waals surface area contributed by atoms with Gasteiger partial charge in [0.2, 0.25) is 11.6 Å². The van der Waals surface area contributed by atoms with Crippen LogP contribution in [0.2, 0.25) is 0 Å². The molecule has 1 amide bonds. The van der Waals surface area contributed by atoms with E-state index in [1.165, 1.54) is 19.4 Å². The van der Waals surface area contributed by atoms with Gasteiger partial charge in [-0.2, -0.15) is 9.78 Å². The predicted molar refractivity (Wildman–Crippen MR) is 146 cm³/mol. The fourth-order valence-corrected chi connectivity index (χ4v) is 4.62. The number of amides is 1. The summed E-state index contributed by atoms with van der Waals surface area (Å²) >= 11 is 3.46. The zero-order chi connectivity index (χ0) is 28.8. The number of halogens is 2. The quantitative estimate of drug-likeness (QED) is 0.195. The minimum absolute atomic E-state index is 0.00514. The number of rotatable bonds is 10. The fourth-order valence-electron chi connectivity index (χ4n) is 4.04. The van der Waals surface area contributed by atoms with Gasteiger partial charge in [-0.25, -0.2) is 14.4 Å². The van der Waals surface area contributed by atoms with Crippen LogP contribution in [0.1, 0.15) is 27.3 Å². The molecule has 41 heavy (non-hydrogen) atoms. The zero-order valence-corrected chi connectivity index (χ0v) is 23.4. The van der Waals surface area contributed by atoms with E-state index in [9.17, 15) is 9.18 Å². The summed E-state index contributed by atoms with van der Waals surface area (Å²) in [5.74, 6) is -0.229. The van der Waals surface area contributed by atoms with Gasteiger partial charge in [0.1, 0.15) is 18.1 Å². The molecular weight excluding hydrogens is 605 g/mol. The van der Waals surface area contributed by atoms with E-state index in [0.717, 1.165) is 4.68 Å². The number of benzene rings is 2. The SMILES string of the molecule is COc1cc(/C=N\NC(=O)c2c(CN3CCOCC3)nnn2-c2nonc2N)cc(Br)c1OCc1ccccc1F. The van der Waals surface area contributed by atoms with Gasteiger partial charge >= 0.3 is 0 Å². The highest BCUT2D eigenvalue weighted by Crippen LogP contribution is 2.37. The summed E-state index contributed by atoms with van der Waals surface area (Å²) in [6, 6.07) is 9.72. The molecule has 0 atom stereocenters. The number of hydrazone groups is 1. The summed E-state index contributed by atoms with van der Waals surface area (Å²) in [6.07, 6.45) is 1.42. The Morgan fingerprint density at radius 2 is 2.07 bits per heavy atom. The molecule has 3 N–H and O–H groups in total. The summed E-state index contributed by atoms with van der Waals surface area (Å²) < 4.78 is 37.1. The second-order valence-corrected chi connectivity index (χ2v) is 9.63. The van der Waals surface area contributed by atoms with Crippen molar-refractivity contribution in [1.29, 1.82) is 0 Å². The van der Waals surface area contributed by atoms with Crippen molar-refractivity contribution in [2.75, 3.05) is 39.1 Å². The summed E-state index contributed by atoms with van der Waals surface area (Å²) in [5.41, 5.74) is 9.78. The molecule has 3 heterocycles. The van der Waals surface area contributed by atoms with Crippen LogP contribution in [0.15, 0.2) is 50.6 Å². The molecule has 1 aliphatic rings. The van der Waals surface area contributed by atoms with E-state index in [-0.39, 0.29) is 29.8 Å². The topological polar surface area (TPSA) is 168 Å². The van der Waals surface area contributed by atoms with Crippen LogP contribution in [-0.2, 0) is 17.9 Å². The maximum atomic E-state index is 14.0. The third-order valence-electron chi connectivity index (χ3n) is 6.09. The zero-order valence-electron chi connectivity index (χ0n) is 21.8. The molecule has 14 nitrogen and oxygen atoms in total. The first kappa shape index (κ1) is 28.1. The number of nitrogens with zero attached hydrogens (tertiary/aromatic N) is 7. The molecule has 16 heteroatoms. The number of aromatic nitrogens is 5. The average Bonchev–Trinajstić information content (AvgIpc) is 3.59. The number of nitrogens with one attached hydrogen (secondary N) is 1. The van der Waals surface area contributed by atoms with Crippen molar-refractivity contribution >= 4 is 33.9 Å². The predicted octanol–water partition coefficient (Wildman–Crippen LogP) is 2.32. The molecule has 2 aromatic carbocycles. The number of anilines is 1. The minimum atomic E-state index is -0.604. The van der Waals surface area contributed by atoms with Crippen molar-refractivity contribution in [3.63, 3.8) is 0 Å². The monoisotopic (exact) mass is 629 g/mol. The first-order valence-electron chi connectivity index (χ1n) is 12.3. The van der Waals surface area contributed by atoms with Crippen LogP contribution in [0.25, 0.3) is 5.82 Å². The van der Waals surface area contributed by atoms with Gasteiger partial charge in [0.05, 0.1) is 31.0 Å². The van der Waals surface area contributed by atoms with Gasteiger partial charge in [-0.3, -0.25) is 9.69 Å². The number of nitrogen functional groups attached to an aromatic ring is 1. The van der Waals surface area contributed by atoms with E-state index >= 15 is 0 Å². The largest absolute Gasteiger partial charge is 0.493 e. The lowest BCUT2D eigenvalue weighted by molar-refractivity contribution is 0.0335. The van der Waals surface area contributed by atoms with E-state index in [1.54, 1.807) is 30.3 Å². The summed E-state index contributed by atoms with van der Waals surface area (Å²) in [6.45, 7) is 2.86. The average molecular weight is 630 g/mol. The molecule has 0 radical (unpaired) electrons. The fraction of sp³-hybridized carbons (Fsp3) is 0.280. The van der Waals surface area contributed by atoms with Crippen LogP contribution >= 0.6 is 15.9 Å². The van der Waals surface area contributed by atoms with Crippen molar-refractivity contribution < 1.29 is 28.0 Å². The molecule has 0 bridgehead atoms. The molecule has 1 saturated heterocycles. The van der Waals surface area contributed by atoms with Crippen molar-refractivity contribution in [3.05, 3.63) is 69.2 Å². The standard InChI is InChI=1S/C25H25BrFN9O5/c1-38-20-11-15(10-17(26)22(20)40-14-16-4-2-3-5-18(16)27)12-29-31-25(37)21-19(13-35-6-8-39-9-7-35)30-34-36(21)24-23(28)32-41-33-24/h2-5,10-12H,6-9,13-14H2,1H3,(H2,28,32)(H,31,37)/b29-12-. The van der Waals surface area contributed by atoms with Crippen LogP contribution in [0.3, 0.4) is 0 Å². The molecule has 1 aliphatic heterocycles. The van der Waals surface area contributed by atoms with Gasteiger partial charge in [0.25, 0.3) is 5.91 Å². The summed E-state index contributed by atoms with van der Waals surface area (Å²) in [5, 5.41) is 19.6. The van der Waals surface area contributed by atoms with Gasteiger partial charge in [-0.05, 0) is 50.0 Å². The number of morpholine rings is 1. The maximum Gasteiger partial charge on any atom is 0.292 e. The second kappa shape index (κ2) is 12.8. The molecule has 0 unspecified atom stereocenters. The number of methoxy groups -OCH3 is 1. The highest BCUT2D eigenvalue weighted by molar-refractivity contribution is 9.10. The molecule has 214 valence electrons. The van der Waals surface area contributed by atoms with Gasteiger partial charge in [0, 0.05) is 25.2 Å². The van der Waals surface area contributed by atoms with Crippen LogP contribution < -0.4 is 20.6 Å². The Kier molecular flexibility index (Phi) is 8.81. The summed E-state index contributed by atoms with van der Waals surface area (Å²) in [4.78, 5) is 15.4. The minimum Gasteiger partial charge on any atom is -0.493 e. The van der Waals surface area contributed by atoms with E-state index in [4.69, 9.17) is 19.9 Å². The van der Waals surface area contributed by atoms with Gasteiger partial charge in [-0.15, -0.1) is 5.10 Å². The molecule has 0 spiro atoms. The molecule has 5 rings (SSSR count). The number of ether oxygens (including phenoxy) is 3. The molecule has 0 aliphatic carbocycles. The lowest BCUT2D eigenvalue weighted by Gasteiger charge is -2.25. The lowest BCUT2D eigenvalue weighted by Crippen LogP contribution is -2.36. The van der Waals surface area contributed by atoms with Crippen molar-refractivity contribution in [3.8, 4) is 17.3 Å². The number of hydrogen-bond donors (Lipinski definition) is 2. The number of nitrogens with two attached hydrogens (primary N) is 1. The number of carbonyl (C=O) groups excluding carboxylic acids is 1. The smallest absolute Gasteiger partial charge is 0.292 e. The van der Waals surface area contributed by atoms with E-state index in [2.05, 4.69) is 56.6 Å². The summed E-state index contributed by atoms with van der Waals surface area (Å²) in [7, 11) is 1.48. The Bertz CT molecular complexity index is 1550. The molecule has 0 saturated carbocycles. The Labute approximate surface area is 241 Å². The van der Waals surface area contributed by atoms with Gasteiger partial charge in [-0.1, -0.05) is 23.4 Å². The highest BCUT2D eigenvalue weighted by atomic mass is 79.9. The van der Waals surface area contributed by atoms with Crippen molar-refractivity contribution in [2.24, 2.45) is 5.10 Å². The van der Waals surface area contributed by atoms with Crippen molar-refractivity contribution in [2.45, 2.75) is 13.2 Å². The maximum absolute atomic E-state index is 14.0. The van der Waals surface area contributed by atoms with Crippen LogP contribution in [0, 0.1) is 5.82 Å². The van der Waals surface area contributed by atoms with Crippen LogP contribution in [0.4, 0.5) is 10.2 Å². The lowest BCUT2D eigenvalue weighted by atomic mass is 10.2. The number of carbonyl (C=O) groups is 1. The first-order valence-corrected chi connectivity index (χ1v) is 13.1. The highest BCUT2D eigenvalue weighted by Gasteiger charge is 2.26. The van der Waals surface area contributed by atoms with Crippen LogP contribution in [-0.4, -0.2) is 75.7 Å². The van der Waals surface area contributed by atoms with E-state index in [1.807, 2.05) is 0 Å². The van der Waals surface area contributed by atoms with Gasteiger partial charge in [0.15, 0.2) is 17.2 Å². The Morgan fingerprint density at radius 3 is 2.80 bits per heavy atom. The second-order valence-electron chi connectivity index (χ2n) is 8.77. The Balaban J connectivity index is 1.33. The van der Waals surface area contributed by atoms with Crippen molar-refractivity contribution in [1.82, 2.24) is 35.6 Å². The molecular formula is C25H25BrFN9O5. The first-order chi connectivity index (χ1) is 19.9. The third kappa shape index (κ3) is 6.50. The Hall–Kier alpha value is -4.41. The number of hydrogen-bond acceptors (Lipinski definition) is 12. The van der Waals surface area contributed by atoms with E-state index < -0.39 is 5.91 Å². The molecule has 4 aromatic rings. The Morgan fingerprint density at radius 1 is 1.27 bits per heavy atom. The van der Waals surface area contributed by atoms with E-state index in [0.29, 0.717) is 65.6 Å². The normalized spacial score (nSPS) is 13.9. The molecule has 2 aromatic heterocycles. The van der Waals surface area contributed by atoms with Gasteiger partial charge < -0.3 is 19.9 Å². The molecule has 1 fully saturated rings. The third-order valence-corrected chi connectivity index (χ3v) is 6.68.